The van der Waals surface area contributed by atoms with Crippen molar-refractivity contribution in [1.82, 2.24) is 15.2 Å². The van der Waals surface area contributed by atoms with Crippen molar-refractivity contribution < 1.29 is 4.79 Å². The Bertz CT molecular complexity index is 401. The predicted molar refractivity (Wildman–Crippen MR) is 75.6 cm³/mol. The van der Waals surface area contributed by atoms with E-state index in [-0.39, 0.29) is 17.9 Å². The van der Waals surface area contributed by atoms with Gasteiger partial charge >= 0.3 is 0 Å². The van der Waals surface area contributed by atoms with E-state index in [1.165, 1.54) is 5.56 Å². The number of nitrogens with one attached hydrogen (secondary N) is 1. The summed E-state index contributed by atoms with van der Waals surface area (Å²) in [6.45, 7) is 4.03. The van der Waals surface area contributed by atoms with Crippen molar-refractivity contribution >= 4 is 5.91 Å². The van der Waals surface area contributed by atoms with E-state index in [4.69, 9.17) is 0 Å². The Morgan fingerprint density at radius 3 is 2.63 bits per heavy atom. The fraction of sp³-hybridized carbons (Fsp3) is 0.600. The van der Waals surface area contributed by atoms with Gasteiger partial charge < -0.3 is 10.2 Å². The van der Waals surface area contributed by atoms with Gasteiger partial charge in [-0.3, -0.25) is 9.78 Å². The van der Waals surface area contributed by atoms with E-state index in [0.717, 1.165) is 32.4 Å². The number of aromatic nitrogens is 1. The van der Waals surface area contributed by atoms with Crippen molar-refractivity contribution in [3.8, 4) is 0 Å². The molecular weight excluding hydrogens is 238 g/mol. The van der Waals surface area contributed by atoms with Gasteiger partial charge in [-0.05, 0) is 50.0 Å². The lowest BCUT2D eigenvalue weighted by molar-refractivity contribution is -0.137. The number of hydrogen-bond donors (Lipinski definition) is 1. The highest BCUT2D eigenvalue weighted by molar-refractivity contribution is 5.79. The van der Waals surface area contributed by atoms with E-state index in [1.54, 1.807) is 12.4 Å². The molecule has 0 saturated carbocycles. The Morgan fingerprint density at radius 1 is 1.42 bits per heavy atom. The number of pyridine rings is 1. The summed E-state index contributed by atoms with van der Waals surface area (Å²) in [4.78, 5) is 18.5. The average Bonchev–Trinajstić information content (AvgIpc) is 2.49. The molecule has 4 heteroatoms. The molecule has 0 radical (unpaired) electrons. The molecule has 1 aromatic heterocycles. The number of amides is 1. The molecule has 1 N–H and O–H groups in total. The van der Waals surface area contributed by atoms with Crippen LogP contribution in [0.4, 0.5) is 0 Å². The lowest BCUT2D eigenvalue weighted by atomic mass is 9.95. The molecule has 1 aliphatic rings. The highest BCUT2D eigenvalue weighted by Crippen LogP contribution is 2.25. The van der Waals surface area contributed by atoms with Crippen LogP contribution in [-0.2, 0) is 4.79 Å². The molecule has 1 unspecified atom stereocenters. The first-order valence-electron chi connectivity index (χ1n) is 7.11. The Labute approximate surface area is 115 Å². The minimum absolute atomic E-state index is 0.158. The van der Waals surface area contributed by atoms with Gasteiger partial charge in [0, 0.05) is 25.4 Å². The fourth-order valence-corrected chi connectivity index (χ4v) is 2.83. The first kappa shape index (κ1) is 14.0. The third kappa shape index (κ3) is 3.32. The van der Waals surface area contributed by atoms with Crippen molar-refractivity contribution in [2.24, 2.45) is 5.92 Å². The topological polar surface area (TPSA) is 45.2 Å². The van der Waals surface area contributed by atoms with Gasteiger partial charge in [-0.1, -0.05) is 6.92 Å². The van der Waals surface area contributed by atoms with E-state index in [9.17, 15) is 4.79 Å². The highest BCUT2D eigenvalue weighted by Gasteiger charge is 2.27. The van der Waals surface area contributed by atoms with E-state index < -0.39 is 0 Å². The quantitative estimate of drug-likeness (QED) is 0.901. The van der Waals surface area contributed by atoms with E-state index in [1.807, 2.05) is 24.1 Å². The maximum atomic E-state index is 12.6. The molecule has 104 valence electrons. The molecule has 2 rings (SSSR count). The molecule has 1 fully saturated rings. The van der Waals surface area contributed by atoms with Crippen molar-refractivity contribution in [2.75, 3.05) is 20.1 Å². The normalized spacial score (nSPS) is 18.0. The third-order valence-corrected chi connectivity index (χ3v) is 3.98. The van der Waals surface area contributed by atoms with Gasteiger partial charge in [-0.25, -0.2) is 0 Å². The Morgan fingerprint density at radius 2 is 2.05 bits per heavy atom. The molecule has 1 saturated heterocycles. The average molecular weight is 261 g/mol. The summed E-state index contributed by atoms with van der Waals surface area (Å²) in [5.41, 5.74) is 1.17. The SMILES string of the molecule is CCC(c1ccncc1)N(C)C(=O)C1CCNCC1. The van der Waals surface area contributed by atoms with Crippen LogP contribution in [0.3, 0.4) is 0 Å². The van der Waals surface area contributed by atoms with Gasteiger partial charge in [0.15, 0.2) is 0 Å². The van der Waals surface area contributed by atoms with Gasteiger partial charge in [0.05, 0.1) is 6.04 Å². The number of carbonyl (C=O) groups excluding carboxylic acids is 1. The number of rotatable bonds is 4. The summed E-state index contributed by atoms with van der Waals surface area (Å²) < 4.78 is 0. The standard InChI is InChI=1S/C15H23N3O/c1-3-14(12-4-8-16-9-5-12)18(2)15(19)13-6-10-17-11-7-13/h4-5,8-9,13-14,17H,3,6-7,10-11H2,1-2H3. The largest absolute Gasteiger partial charge is 0.338 e. The summed E-state index contributed by atoms with van der Waals surface area (Å²) >= 11 is 0. The lowest BCUT2D eigenvalue weighted by Crippen LogP contribution is -2.40. The molecule has 0 spiro atoms. The van der Waals surface area contributed by atoms with Crippen LogP contribution in [-0.4, -0.2) is 35.9 Å². The predicted octanol–water partition coefficient (Wildman–Crippen LogP) is 1.99. The Kier molecular flexibility index (Phi) is 4.91. The second-order valence-electron chi connectivity index (χ2n) is 5.18. The van der Waals surface area contributed by atoms with E-state index in [0.29, 0.717) is 0 Å². The second-order valence-corrected chi connectivity index (χ2v) is 5.18. The van der Waals surface area contributed by atoms with Crippen molar-refractivity contribution in [3.63, 3.8) is 0 Å². The van der Waals surface area contributed by atoms with Crippen molar-refractivity contribution in [1.29, 1.82) is 0 Å². The first-order valence-corrected chi connectivity index (χ1v) is 7.11. The van der Waals surface area contributed by atoms with E-state index in [2.05, 4.69) is 17.2 Å². The van der Waals surface area contributed by atoms with Gasteiger partial charge in [-0.15, -0.1) is 0 Å². The van der Waals surface area contributed by atoms with Gasteiger partial charge in [0.1, 0.15) is 0 Å². The van der Waals surface area contributed by atoms with Gasteiger partial charge in [0.2, 0.25) is 5.91 Å². The molecule has 1 aliphatic heterocycles. The fourth-order valence-electron chi connectivity index (χ4n) is 2.83. The monoisotopic (exact) mass is 261 g/mol. The summed E-state index contributed by atoms with van der Waals surface area (Å²) in [6.07, 6.45) is 6.42. The zero-order valence-corrected chi connectivity index (χ0v) is 11.8. The molecule has 0 bridgehead atoms. The van der Waals surface area contributed by atoms with Crippen LogP contribution in [0.5, 0.6) is 0 Å². The number of piperidine rings is 1. The van der Waals surface area contributed by atoms with Gasteiger partial charge in [-0.2, -0.15) is 0 Å². The summed E-state index contributed by atoms with van der Waals surface area (Å²) in [5.74, 6) is 0.465. The van der Waals surface area contributed by atoms with Crippen molar-refractivity contribution in [2.45, 2.75) is 32.2 Å². The zero-order valence-electron chi connectivity index (χ0n) is 11.8. The van der Waals surface area contributed by atoms with Crippen LogP contribution in [0.1, 0.15) is 37.8 Å². The van der Waals surface area contributed by atoms with Crippen LogP contribution in [0.15, 0.2) is 24.5 Å². The minimum atomic E-state index is 0.158. The van der Waals surface area contributed by atoms with Crippen LogP contribution in [0, 0.1) is 5.92 Å². The van der Waals surface area contributed by atoms with Crippen LogP contribution in [0.25, 0.3) is 0 Å². The Balaban J connectivity index is 2.07. The minimum Gasteiger partial charge on any atom is -0.338 e. The van der Waals surface area contributed by atoms with E-state index >= 15 is 0 Å². The number of nitrogens with zero attached hydrogens (tertiary/aromatic N) is 2. The number of carbonyl (C=O) groups is 1. The van der Waals surface area contributed by atoms with Crippen molar-refractivity contribution in [3.05, 3.63) is 30.1 Å². The van der Waals surface area contributed by atoms with Gasteiger partial charge in [0.25, 0.3) is 0 Å². The summed E-state index contributed by atoms with van der Waals surface area (Å²) in [6, 6.07) is 4.16. The maximum absolute atomic E-state index is 12.6. The first-order chi connectivity index (χ1) is 9.24. The molecule has 2 heterocycles. The molecule has 1 aromatic rings. The van der Waals surface area contributed by atoms with Crippen LogP contribution >= 0.6 is 0 Å². The highest BCUT2D eigenvalue weighted by atomic mass is 16.2. The number of hydrogen-bond acceptors (Lipinski definition) is 3. The van der Waals surface area contributed by atoms with Crippen LogP contribution in [0.2, 0.25) is 0 Å². The Hall–Kier alpha value is -1.42. The summed E-state index contributed by atoms with van der Waals surface area (Å²) in [5, 5.41) is 3.30. The maximum Gasteiger partial charge on any atom is 0.226 e. The molecule has 19 heavy (non-hydrogen) atoms. The third-order valence-electron chi connectivity index (χ3n) is 3.98. The summed E-state index contributed by atoms with van der Waals surface area (Å²) in [7, 11) is 1.93. The molecule has 1 atom stereocenters. The smallest absolute Gasteiger partial charge is 0.226 e. The molecule has 1 amide bonds. The molecule has 4 nitrogen and oxygen atoms in total. The van der Waals surface area contributed by atoms with Crippen LogP contribution < -0.4 is 5.32 Å². The molecule has 0 aromatic carbocycles. The lowest BCUT2D eigenvalue weighted by Gasteiger charge is -2.32. The molecule has 0 aliphatic carbocycles. The second kappa shape index (κ2) is 6.66. The zero-order chi connectivity index (χ0) is 13.7. The molecular formula is C15H23N3O.